The number of aromatic hydroxyl groups is 1. The van der Waals surface area contributed by atoms with Gasteiger partial charge in [0, 0.05) is 11.8 Å². The van der Waals surface area contributed by atoms with E-state index in [2.05, 4.69) is 55.3 Å². The Labute approximate surface area is 273 Å². The molecule has 8 rings (SSSR count). The molecule has 0 amide bonds. The summed E-state index contributed by atoms with van der Waals surface area (Å²) in [5, 5.41) is 9.92. The highest BCUT2D eigenvalue weighted by Crippen LogP contribution is 2.44. The van der Waals surface area contributed by atoms with Gasteiger partial charge in [-0.3, -0.25) is 0 Å². The zero-order valence-electron chi connectivity index (χ0n) is 26.4. The molecule has 4 fully saturated rings. The van der Waals surface area contributed by atoms with Crippen molar-refractivity contribution in [3.63, 3.8) is 0 Å². The van der Waals surface area contributed by atoms with Crippen molar-refractivity contribution >= 4 is 0 Å². The second kappa shape index (κ2) is 20.1. The van der Waals surface area contributed by atoms with E-state index in [-0.39, 0.29) is 25.0 Å². The average Bonchev–Trinajstić information content (AvgIpc) is 3.91. The Morgan fingerprint density at radius 3 is 0.783 bits per heavy atom. The molecule has 248 valence electrons. The smallest absolute Gasteiger partial charge is 0.118 e. The molecule has 0 saturated carbocycles. The first kappa shape index (κ1) is 36.4. The van der Waals surface area contributed by atoms with Gasteiger partial charge in [0.25, 0.3) is 0 Å². The second-order valence-corrected chi connectivity index (χ2v) is 10.3. The lowest BCUT2D eigenvalue weighted by Gasteiger charge is -2.30. The van der Waals surface area contributed by atoms with Crippen molar-refractivity contribution in [2.24, 2.45) is 0 Å². The van der Waals surface area contributed by atoms with Gasteiger partial charge < -0.3 is 38.3 Å². The minimum Gasteiger partial charge on any atom is -0.508 e. The third-order valence-electron chi connectivity index (χ3n) is 6.83. The highest BCUT2D eigenvalue weighted by Gasteiger charge is 2.28. The van der Waals surface area contributed by atoms with Crippen LogP contribution in [0.5, 0.6) is 23.0 Å². The molecule has 46 heavy (non-hydrogen) atoms. The number of phenolic OH excluding ortho intramolecular Hbond substituents is 1. The van der Waals surface area contributed by atoms with Crippen LogP contribution in [0.1, 0.15) is 41.5 Å². The van der Waals surface area contributed by atoms with Crippen molar-refractivity contribution in [1.29, 1.82) is 0 Å². The van der Waals surface area contributed by atoms with Gasteiger partial charge in [-0.2, -0.15) is 0 Å². The summed E-state index contributed by atoms with van der Waals surface area (Å²) in [6.45, 7) is 8.00. The molecule has 1 N–H and O–H groups in total. The van der Waals surface area contributed by atoms with Gasteiger partial charge in [-0.05, 0) is 70.8 Å². The Morgan fingerprint density at radius 1 is 0.413 bits per heavy atom. The lowest BCUT2D eigenvalue weighted by atomic mass is 9.73. The number of ether oxygens (including phenoxy) is 7. The third kappa shape index (κ3) is 13.9. The quantitative estimate of drug-likeness (QED) is 0.206. The van der Waals surface area contributed by atoms with E-state index in [0.717, 1.165) is 92.4 Å². The molecule has 8 heteroatoms. The van der Waals surface area contributed by atoms with Crippen LogP contribution in [0.2, 0.25) is 0 Å². The van der Waals surface area contributed by atoms with Gasteiger partial charge in [-0.1, -0.05) is 56.0 Å². The van der Waals surface area contributed by atoms with E-state index < -0.39 is 0 Å². The fourth-order valence-corrected chi connectivity index (χ4v) is 4.27. The second-order valence-electron chi connectivity index (χ2n) is 10.3. The number of hydrogen-bond donors (Lipinski definition) is 1. The number of rotatable bonds is 8. The molecule has 0 bridgehead atoms. The molecule has 4 aromatic rings. The molecule has 1 unspecified atom stereocenters. The minimum atomic E-state index is -0.00158. The molecule has 0 spiro atoms. The molecule has 4 aliphatic rings. The summed E-state index contributed by atoms with van der Waals surface area (Å²) in [5.41, 5.74) is 4.58. The van der Waals surface area contributed by atoms with Gasteiger partial charge in [0.15, 0.2) is 0 Å². The fraction of sp³-hybridized carbons (Fsp3) is 0.368. The fourth-order valence-electron chi connectivity index (χ4n) is 4.27. The van der Waals surface area contributed by atoms with E-state index in [0.29, 0.717) is 0 Å². The van der Waals surface area contributed by atoms with Crippen molar-refractivity contribution in [1.82, 2.24) is 0 Å². The number of phenols is 1. The number of benzene rings is 4. The van der Waals surface area contributed by atoms with Crippen molar-refractivity contribution in [2.75, 3.05) is 74.2 Å². The van der Waals surface area contributed by atoms with Gasteiger partial charge in [-0.15, -0.1) is 0 Å². The molecule has 4 aliphatic heterocycles. The van der Waals surface area contributed by atoms with E-state index in [1.807, 2.05) is 48.5 Å². The first-order valence-corrected chi connectivity index (χ1v) is 15.1. The number of epoxide rings is 4. The Balaban J connectivity index is 0.000000366. The standard InChI is InChI=1S/C29H28O4.4C2H4O.CH4/c1-31-25-14-6-21(7-15-25)28(20-4-12-24(30)13-5-20)29(22-8-16-26(32-2)17-9-22)23-10-18-27(33-3)19-11-23;4*1-2-3-1;/h4-19,28-30H,1-3H3;4*1-2H2;1H4. The molecular formula is C38H48O8. The molecule has 0 aliphatic carbocycles. The first-order chi connectivity index (χ1) is 22.1. The van der Waals surface area contributed by atoms with Crippen molar-refractivity contribution in [3.05, 3.63) is 119 Å². The normalized spacial score (nSPS) is 14.7. The van der Waals surface area contributed by atoms with E-state index >= 15 is 0 Å². The van der Waals surface area contributed by atoms with Crippen molar-refractivity contribution in [3.8, 4) is 23.0 Å². The van der Waals surface area contributed by atoms with Crippen molar-refractivity contribution < 1.29 is 38.3 Å². The van der Waals surface area contributed by atoms with Crippen LogP contribution < -0.4 is 14.2 Å². The maximum absolute atomic E-state index is 9.92. The van der Waals surface area contributed by atoms with Crippen LogP contribution in [0.4, 0.5) is 0 Å². The highest BCUT2D eigenvalue weighted by atomic mass is 16.6. The zero-order chi connectivity index (χ0) is 31.7. The van der Waals surface area contributed by atoms with E-state index in [4.69, 9.17) is 14.2 Å². The Bertz CT molecular complexity index is 1270. The predicted molar refractivity (Wildman–Crippen MR) is 181 cm³/mol. The zero-order valence-corrected chi connectivity index (χ0v) is 26.4. The molecule has 1 atom stereocenters. The van der Waals surface area contributed by atoms with E-state index in [9.17, 15) is 5.11 Å². The molecule has 0 aromatic heterocycles. The van der Waals surface area contributed by atoms with Gasteiger partial charge in [-0.25, -0.2) is 0 Å². The maximum atomic E-state index is 9.92. The third-order valence-corrected chi connectivity index (χ3v) is 6.83. The molecule has 4 aromatic carbocycles. The van der Waals surface area contributed by atoms with Crippen LogP contribution in [0, 0.1) is 0 Å². The summed E-state index contributed by atoms with van der Waals surface area (Å²) < 4.78 is 34.2. The molecule has 0 radical (unpaired) electrons. The summed E-state index contributed by atoms with van der Waals surface area (Å²) in [4.78, 5) is 0. The van der Waals surface area contributed by atoms with Crippen LogP contribution in [-0.2, 0) is 18.9 Å². The van der Waals surface area contributed by atoms with E-state index in [1.165, 1.54) is 0 Å². The minimum absolute atomic E-state index is 0. The monoisotopic (exact) mass is 632 g/mol. The number of hydrogen-bond acceptors (Lipinski definition) is 8. The summed E-state index contributed by atoms with van der Waals surface area (Å²) in [6.07, 6.45) is 0. The van der Waals surface area contributed by atoms with Gasteiger partial charge >= 0.3 is 0 Å². The largest absolute Gasteiger partial charge is 0.508 e. The molecule has 4 heterocycles. The predicted octanol–water partition coefficient (Wildman–Crippen LogP) is 7.08. The van der Waals surface area contributed by atoms with Gasteiger partial charge in [0.1, 0.15) is 23.0 Å². The maximum Gasteiger partial charge on any atom is 0.118 e. The summed E-state index contributed by atoms with van der Waals surface area (Å²) >= 11 is 0. The first-order valence-electron chi connectivity index (χ1n) is 15.1. The van der Waals surface area contributed by atoms with Crippen molar-refractivity contribution in [2.45, 2.75) is 19.3 Å². The molecule has 8 nitrogen and oxygen atoms in total. The van der Waals surface area contributed by atoms with Gasteiger partial charge in [0.05, 0.1) is 74.2 Å². The SMILES string of the molecule is C.C1CO1.C1CO1.C1CO1.C1CO1.COc1ccc(C(c2ccc(O)cc2)C(c2ccc(OC)cc2)c2ccc(OC)cc2)cc1. The van der Waals surface area contributed by atoms with Crippen LogP contribution in [0.15, 0.2) is 97.1 Å². The Morgan fingerprint density at radius 2 is 0.609 bits per heavy atom. The Kier molecular flexibility index (Phi) is 15.9. The topological polar surface area (TPSA) is 98.0 Å². The average molecular weight is 633 g/mol. The van der Waals surface area contributed by atoms with Crippen LogP contribution in [0.3, 0.4) is 0 Å². The molecular weight excluding hydrogens is 584 g/mol. The Hall–Kier alpha value is -4.08. The van der Waals surface area contributed by atoms with Crippen LogP contribution in [-0.4, -0.2) is 79.3 Å². The summed E-state index contributed by atoms with van der Waals surface area (Å²) in [6, 6.07) is 32.1. The van der Waals surface area contributed by atoms with Crippen LogP contribution in [0.25, 0.3) is 0 Å². The van der Waals surface area contributed by atoms with Crippen LogP contribution >= 0.6 is 0 Å². The highest BCUT2D eigenvalue weighted by molar-refractivity contribution is 5.48. The molecule has 4 saturated heterocycles. The number of methoxy groups -OCH3 is 3. The van der Waals surface area contributed by atoms with E-state index in [1.54, 1.807) is 33.5 Å². The van der Waals surface area contributed by atoms with Gasteiger partial charge in [0.2, 0.25) is 0 Å². The lowest BCUT2D eigenvalue weighted by Crippen LogP contribution is -2.15. The summed E-state index contributed by atoms with van der Waals surface area (Å²) in [7, 11) is 5.02. The lowest BCUT2D eigenvalue weighted by molar-refractivity contribution is 0.414. The summed E-state index contributed by atoms with van der Waals surface area (Å²) in [5.74, 6) is 2.71.